The van der Waals surface area contributed by atoms with E-state index in [4.69, 9.17) is 62.7 Å². The lowest BCUT2D eigenvalue weighted by atomic mass is 10.1. The molecule has 3 atom stereocenters. The van der Waals surface area contributed by atoms with Crippen molar-refractivity contribution in [3.8, 4) is 0 Å². The van der Waals surface area contributed by atoms with Crippen LogP contribution < -0.4 is 10.2 Å². The molecular formula is C17H17Cl5N2O3. The summed E-state index contributed by atoms with van der Waals surface area (Å²) < 4.78 is 3.21. The molecule has 2 amide bonds. The third kappa shape index (κ3) is 6.91. The summed E-state index contributed by atoms with van der Waals surface area (Å²) in [6, 6.07) is 8.21. The molecule has 5 nitrogen and oxygen atoms in total. The summed E-state index contributed by atoms with van der Waals surface area (Å²) in [5, 5.41) is 2.48. The predicted molar refractivity (Wildman–Crippen MR) is 110 cm³/mol. The maximum Gasteiger partial charge on any atom is 0.407 e. The Morgan fingerprint density at radius 3 is 2.48 bits per heavy atom. The molecule has 0 bridgehead atoms. The number of nitrogens with one attached hydrogen (secondary N) is 1. The molecular weight excluding hydrogens is 457 g/mol. The number of anilines is 1. The number of hydrogen-bond donors (Lipinski definition) is 1. The van der Waals surface area contributed by atoms with Gasteiger partial charge in [-0.1, -0.05) is 64.6 Å². The van der Waals surface area contributed by atoms with Crippen molar-refractivity contribution in [2.75, 3.05) is 11.5 Å². The second-order valence-electron chi connectivity index (χ2n) is 5.91. The highest BCUT2D eigenvalue weighted by molar-refractivity contribution is 6.67. The highest BCUT2D eigenvalue weighted by Crippen LogP contribution is 2.32. The number of nitrogens with zero attached hydrogens (tertiary/aromatic N) is 1. The van der Waals surface area contributed by atoms with Gasteiger partial charge in [0.2, 0.25) is 3.79 Å². The smallest absolute Gasteiger partial charge is 0.407 e. The van der Waals surface area contributed by atoms with E-state index in [1.54, 1.807) is 17.0 Å². The van der Waals surface area contributed by atoms with Crippen molar-refractivity contribution in [1.29, 1.82) is 0 Å². The number of rotatable bonds is 5. The van der Waals surface area contributed by atoms with Crippen LogP contribution in [0.15, 0.2) is 41.9 Å². The van der Waals surface area contributed by atoms with Crippen molar-refractivity contribution in [2.45, 2.75) is 34.1 Å². The lowest BCUT2D eigenvalue weighted by Crippen LogP contribution is -2.51. The molecule has 2 rings (SSSR count). The number of hydrogen-bond acceptors (Lipinski definition) is 3. The number of halogens is 5. The largest absolute Gasteiger partial charge is 0.445 e. The zero-order valence-corrected chi connectivity index (χ0v) is 17.7. The first kappa shape index (κ1) is 22.4. The summed E-state index contributed by atoms with van der Waals surface area (Å²) in [6.07, 6.45) is 1.42. The van der Waals surface area contributed by atoms with E-state index >= 15 is 0 Å². The number of carbonyl (C=O) groups excluding carboxylic acids is 2. The molecule has 0 saturated heterocycles. The summed E-state index contributed by atoms with van der Waals surface area (Å²) >= 11 is 28.7. The molecule has 3 unspecified atom stereocenters. The van der Waals surface area contributed by atoms with Gasteiger partial charge < -0.3 is 15.0 Å². The molecule has 1 saturated carbocycles. The zero-order valence-electron chi connectivity index (χ0n) is 14.0. The number of carbonyl (C=O) groups is 2. The van der Waals surface area contributed by atoms with Gasteiger partial charge in [-0.3, -0.25) is 4.79 Å². The topological polar surface area (TPSA) is 58.6 Å². The van der Waals surface area contributed by atoms with E-state index in [2.05, 4.69) is 5.32 Å². The fourth-order valence-corrected chi connectivity index (χ4v) is 3.59. The summed E-state index contributed by atoms with van der Waals surface area (Å²) in [6.45, 7) is -0.401. The third-order valence-corrected chi connectivity index (χ3v) is 4.76. The van der Waals surface area contributed by atoms with E-state index in [1.165, 1.54) is 6.08 Å². The van der Waals surface area contributed by atoms with Gasteiger partial charge in [-0.05, 0) is 25.0 Å². The normalized spacial score (nSPS) is 22.6. The molecule has 0 aromatic heterocycles. The highest BCUT2D eigenvalue weighted by atomic mass is 35.6. The maximum absolute atomic E-state index is 12.6. The lowest BCUT2D eigenvalue weighted by Gasteiger charge is -2.32. The van der Waals surface area contributed by atoms with Crippen LogP contribution in [-0.2, 0) is 9.53 Å². The van der Waals surface area contributed by atoms with Crippen LogP contribution in [-0.4, -0.2) is 39.9 Å². The molecule has 1 aliphatic rings. The van der Waals surface area contributed by atoms with Gasteiger partial charge in [0.05, 0.1) is 12.1 Å². The van der Waals surface area contributed by atoms with Gasteiger partial charge in [-0.25, -0.2) is 4.79 Å². The first-order valence-electron chi connectivity index (χ1n) is 8.00. The standard InChI is InChI=1S/C17H17Cl5N2O3/c18-7-6-15(25)24(12-4-2-1-3-5-12)14-9-11(19)8-13(14)23-16(26)27-10-17(20,21)22/h1-7,11,13-14H,8-10H2,(H,23,26). The van der Waals surface area contributed by atoms with Gasteiger partial charge in [0.25, 0.3) is 5.91 Å². The van der Waals surface area contributed by atoms with Crippen LogP contribution in [0.25, 0.3) is 0 Å². The maximum atomic E-state index is 12.6. The first-order chi connectivity index (χ1) is 12.7. The molecule has 1 N–H and O–H groups in total. The van der Waals surface area contributed by atoms with Crippen LogP contribution in [0.5, 0.6) is 0 Å². The second kappa shape index (κ2) is 10.1. The summed E-state index contributed by atoms with van der Waals surface area (Å²) in [5.74, 6) is -0.326. The fourth-order valence-electron chi connectivity index (χ4n) is 2.94. The van der Waals surface area contributed by atoms with Crippen LogP contribution in [0.2, 0.25) is 0 Å². The highest BCUT2D eigenvalue weighted by Gasteiger charge is 2.40. The van der Waals surface area contributed by atoms with Crippen molar-refractivity contribution in [2.24, 2.45) is 0 Å². The van der Waals surface area contributed by atoms with Gasteiger partial charge in [0.15, 0.2) is 0 Å². The Kier molecular flexibility index (Phi) is 8.38. The zero-order chi connectivity index (χ0) is 20.0. The molecule has 10 heteroatoms. The summed E-state index contributed by atoms with van der Waals surface area (Å²) in [7, 11) is 0. The second-order valence-corrected chi connectivity index (χ2v) is 9.30. The molecule has 0 spiro atoms. The van der Waals surface area contributed by atoms with Gasteiger partial charge in [0.1, 0.15) is 6.61 Å². The summed E-state index contributed by atoms with van der Waals surface area (Å²) in [5.41, 5.74) is 1.80. The average molecular weight is 475 g/mol. The van der Waals surface area contributed by atoms with Crippen LogP contribution in [0.4, 0.5) is 10.5 Å². The van der Waals surface area contributed by atoms with Gasteiger partial charge in [-0.2, -0.15) is 0 Å². The SMILES string of the molecule is O=C(NC1CC(Cl)CC1N(C(=O)C=CCl)c1ccccc1)OCC(Cl)(Cl)Cl. The van der Waals surface area contributed by atoms with Gasteiger partial charge in [0, 0.05) is 22.7 Å². The Hall–Kier alpha value is -0.850. The monoisotopic (exact) mass is 472 g/mol. The number of benzene rings is 1. The Morgan fingerprint density at radius 2 is 1.89 bits per heavy atom. The van der Waals surface area contributed by atoms with Crippen LogP contribution in [0, 0.1) is 0 Å². The third-order valence-electron chi connectivity index (χ3n) is 3.95. The molecule has 1 fully saturated rings. The minimum absolute atomic E-state index is 0.229. The molecule has 148 valence electrons. The van der Waals surface area contributed by atoms with Crippen LogP contribution in [0.3, 0.4) is 0 Å². The number of amides is 2. The first-order valence-corrected chi connectivity index (χ1v) is 10.0. The number of alkyl carbamates (subject to hydrolysis) is 1. The fraction of sp³-hybridized carbons (Fsp3) is 0.412. The lowest BCUT2D eigenvalue weighted by molar-refractivity contribution is -0.114. The number of para-hydroxylation sites is 1. The Bertz CT molecular complexity index is 681. The van der Waals surface area contributed by atoms with Crippen molar-refractivity contribution >= 4 is 75.7 Å². The van der Waals surface area contributed by atoms with Crippen molar-refractivity contribution in [3.63, 3.8) is 0 Å². The molecule has 1 aliphatic carbocycles. The predicted octanol–water partition coefficient (Wildman–Crippen LogP) is 5.01. The van der Waals surface area contributed by atoms with E-state index < -0.39 is 28.6 Å². The van der Waals surface area contributed by atoms with Crippen molar-refractivity contribution < 1.29 is 14.3 Å². The quantitative estimate of drug-likeness (QED) is 0.482. The van der Waals surface area contributed by atoms with Gasteiger partial charge >= 0.3 is 6.09 Å². The molecule has 0 aliphatic heterocycles. The number of alkyl halides is 4. The Balaban J connectivity index is 2.19. The van der Waals surface area contributed by atoms with Crippen LogP contribution >= 0.6 is 58.0 Å². The number of ether oxygens (including phenoxy) is 1. The average Bonchev–Trinajstić information content (AvgIpc) is 2.94. The molecule has 0 heterocycles. The van der Waals surface area contributed by atoms with E-state index in [0.29, 0.717) is 18.5 Å². The molecule has 1 aromatic carbocycles. The van der Waals surface area contributed by atoms with E-state index in [-0.39, 0.29) is 11.3 Å². The van der Waals surface area contributed by atoms with E-state index in [1.807, 2.05) is 18.2 Å². The van der Waals surface area contributed by atoms with E-state index in [9.17, 15) is 9.59 Å². The van der Waals surface area contributed by atoms with Crippen LogP contribution in [0.1, 0.15) is 12.8 Å². The Morgan fingerprint density at radius 1 is 1.22 bits per heavy atom. The van der Waals surface area contributed by atoms with E-state index in [0.717, 1.165) is 5.54 Å². The minimum Gasteiger partial charge on any atom is -0.445 e. The van der Waals surface area contributed by atoms with Gasteiger partial charge in [-0.15, -0.1) is 11.6 Å². The van der Waals surface area contributed by atoms with Crippen molar-refractivity contribution in [1.82, 2.24) is 5.32 Å². The summed E-state index contributed by atoms with van der Waals surface area (Å²) in [4.78, 5) is 26.3. The molecule has 1 aromatic rings. The Labute approximate surface area is 182 Å². The molecule has 0 radical (unpaired) electrons. The minimum atomic E-state index is -1.71. The molecule has 27 heavy (non-hydrogen) atoms. The van der Waals surface area contributed by atoms with Crippen molar-refractivity contribution in [3.05, 3.63) is 41.9 Å².